The molecule has 2 heteroatoms. The summed E-state index contributed by atoms with van der Waals surface area (Å²) in [5.74, 6) is 1.06. The summed E-state index contributed by atoms with van der Waals surface area (Å²) in [4.78, 5) is 11.0. The molecule has 0 bridgehead atoms. The molecule has 1 saturated carbocycles. The van der Waals surface area contributed by atoms with Gasteiger partial charge in [-0.05, 0) is 49.9 Å². The van der Waals surface area contributed by atoms with Crippen LogP contribution in [0, 0.1) is 17.3 Å². The van der Waals surface area contributed by atoms with Gasteiger partial charge in [0.1, 0.15) is 6.29 Å². The van der Waals surface area contributed by atoms with Crippen molar-refractivity contribution in [3.63, 3.8) is 0 Å². The van der Waals surface area contributed by atoms with E-state index in [4.69, 9.17) is 4.74 Å². The SMILES string of the molecule is CC(C)(C)C1CCC2(CC1)CC(C=O)CCO2. The standard InChI is InChI=1S/C15H26O2/c1-14(2,3)13-4-7-15(8-5-13)10-12(11-16)6-9-17-15/h11-13H,4-10H2,1-3H3. The van der Waals surface area contributed by atoms with Gasteiger partial charge in [-0.1, -0.05) is 20.8 Å². The van der Waals surface area contributed by atoms with Crippen molar-refractivity contribution in [1.29, 1.82) is 0 Å². The molecule has 0 radical (unpaired) electrons. The maximum Gasteiger partial charge on any atom is 0.123 e. The first-order valence-electron chi connectivity index (χ1n) is 7.04. The van der Waals surface area contributed by atoms with Gasteiger partial charge < -0.3 is 9.53 Å². The molecule has 17 heavy (non-hydrogen) atoms. The van der Waals surface area contributed by atoms with E-state index in [0.717, 1.165) is 44.5 Å². The lowest BCUT2D eigenvalue weighted by atomic mass is 9.66. The van der Waals surface area contributed by atoms with Crippen LogP contribution in [-0.4, -0.2) is 18.5 Å². The Hall–Kier alpha value is -0.370. The zero-order valence-electron chi connectivity index (χ0n) is 11.5. The summed E-state index contributed by atoms with van der Waals surface area (Å²) >= 11 is 0. The van der Waals surface area contributed by atoms with E-state index in [1.165, 1.54) is 12.8 Å². The third-order valence-corrected chi connectivity index (χ3v) is 4.85. The maximum atomic E-state index is 11.0. The molecule has 0 amide bonds. The molecule has 0 N–H and O–H groups in total. The summed E-state index contributed by atoms with van der Waals surface area (Å²) in [6.07, 6.45) is 7.85. The van der Waals surface area contributed by atoms with E-state index >= 15 is 0 Å². The third-order valence-electron chi connectivity index (χ3n) is 4.85. The first kappa shape index (κ1) is 13.1. The van der Waals surface area contributed by atoms with Gasteiger partial charge in [0.05, 0.1) is 5.60 Å². The van der Waals surface area contributed by atoms with Crippen LogP contribution in [0.3, 0.4) is 0 Å². The van der Waals surface area contributed by atoms with Crippen LogP contribution >= 0.6 is 0 Å². The lowest BCUT2D eigenvalue weighted by molar-refractivity contribution is -0.139. The Bertz CT molecular complexity index is 269. The summed E-state index contributed by atoms with van der Waals surface area (Å²) in [5, 5.41) is 0. The fourth-order valence-electron chi connectivity index (χ4n) is 3.54. The molecule has 2 fully saturated rings. The van der Waals surface area contributed by atoms with Gasteiger partial charge in [-0.2, -0.15) is 0 Å². The molecule has 1 atom stereocenters. The Morgan fingerprint density at radius 3 is 2.35 bits per heavy atom. The minimum atomic E-state index is 0.0472. The van der Waals surface area contributed by atoms with Crippen molar-refractivity contribution in [2.75, 3.05) is 6.61 Å². The molecule has 0 aromatic carbocycles. The molecular formula is C15H26O2. The van der Waals surface area contributed by atoms with Crippen LogP contribution in [0.2, 0.25) is 0 Å². The molecule has 2 nitrogen and oxygen atoms in total. The van der Waals surface area contributed by atoms with E-state index in [1.54, 1.807) is 0 Å². The van der Waals surface area contributed by atoms with E-state index in [0.29, 0.717) is 5.41 Å². The van der Waals surface area contributed by atoms with Crippen LogP contribution in [0.15, 0.2) is 0 Å². The van der Waals surface area contributed by atoms with Crippen LogP contribution in [-0.2, 0) is 9.53 Å². The number of rotatable bonds is 1. The van der Waals surface area contributed by atoms with Crippen LogP contribution < -0.4 is 0 Å². The predicted molar refractivity (Wildman–Crippen MR) is 68.9 cm³/mol. The van der Waals surface area contributed by atoms with Gasteiger partial charge in [0.15, 0.2) is 0 Å². The van der Waals surface area contributed by atoms with Crippen LogP contribution in [0.4, 0.5) is 0 Å². The van der Waals surface area contributed by atoms with Gasteiger partial charge in [0.25, 0.3) is 0 Å². The summed E-state index contributed by atoms with van der Waals surface area (Å²) in [6.45, 7) is 7.80. The second-order valence-electron chi connectivity index (χ2n) is 7.06. The Morgan fingerprint density at radius 1 is 1.18 bits per heavy atom. The zero-order chi connectivity index (χ0) is 12.5. The van der Waals surface area contributed by atoms with Gasteiger partial charge >= 0.3 is 0 Å². The normalized spacial score (nSPS) is 39.2. The Labute approximate surface area is 105 Å². The molecule has 1 heterocycles. The molecule has 1 saturated heterocycles. The second-order valence-corrected chi connectivity index (χ2v) is 7.06. The summed E-state index contributed by atoms with van der Waals surface area (Å²) in [5.41, 5.74) is 0.464. The number of ether oxygens (including phenoxy) is 1. The van der Waals surface area contributed by atoms with Gasteiger partial charge in [0.2, 0.25) is 0 Å². The zero-order valence-corrected chi connectivity index (χ0v) is 11.5. The van der Waals surface area contributed by atoms with Gasteiger partial charge in [-0.15, -0.1) is 0 Å². The van der Waals surface area contributed by atoms with Gasteiger partial charge in [-0.25, -0.2) is 0 Å². The Balaban J connectivity index is 1.95. The van der Waals surface area contributed by atoms with Crippen molar-refractivity contribution in [1.82, 2.24) is 0 Å². The van der Waals surface area contributed by atoms with Crippen molar-refractivity contribution in [3.05, 3.63) is 0 Å². The van der Waals surface area contributed by atoms with Crippen LogP contribution in [0.5, 0.6) is 0 Å². The highest BCUT2D eigenvalue weighted by Crippen LogP contribution is 2.46. The quantitative estimate of drug-likeness (QED) is 0.653. The van der Waals surface area contributed by atoms with Crippen molar-refractivity contribution in [2.24, 2.45) is 17.3 Å². The lowest BCUT2D eigenvalue weighted by Gasteiger charge is -2.47. The first-order chi connectivity index (χ1) is 7.95. The highest BCUT2D eigenvalue weighted by Gasteiger charge is 2.42. The van der Waals surface area contributed by atoms with Crippen LogP contribution in [0.1, 0.15) is 59.3 Å². The van der Waals surface area contributed by atoms with Crippen molar-refractivity contribution >= 4 is 6.29 Å². The number of carbonyl (C=O) groups is 1. The molecule has 0 aromatic rings. The molecule has 2 aliphatic rings. The van der Waals surface area contributed by atoms with E-state index in [1.807, 2.05) is 0 Å². The van der Waals surface area contributed by atoms with Crippen molar-refractivity contribution in [3.8, 4) is 0 Å². The molecule has 1 aliphatic heterocycles. The first-order valence-corrected chi connectivity index (χ1v) is 7.04. The van der Waals surface area contributed by atoms with E-state index in [-0.39, 0.29) is 11.5 Å². The highest BCUT2D eigenvalue weighted by molar-refractivity contribution is 5.53. The fourth-order valence-corrected chi connectivity index (χ4v) is 3.54. The molecule has 0 aromatic heterocycles. The monoisotopic (exact) mass is 238 g/mol. The Morgan fingerprint density at radius 2 is 1.82 bits per heavy atom. The largest absolute Gasteiger partial charge is 0.375 e. The summed E-state index contributed by atoms with van der Waals surface area (Å²) < 4.78 is 6.04. The van der Waals surface area contributed by atoms with E-state index in [9.17, 15) is 4.79 Å². The molecule has 2 rings (SSSR count). The topological polar surface area (TPSA) is 26.3 Å². The average Bonchev–Trinajstić information content (AvgIpc) is 2.28. The predicted octanol–water partition coefficient (Wildman–Crippen LogP) is 3.59. The summed E-state index contributed by atoms with van der Waals surface area (Å²) in [6, 6.07) is 0. The fraction of sp³-hybridized carbons (Fsp3) is 0.933. The van der Waals surface area contributed by atoms with Gasteiger partial charge in [0, 0.05) is 12.5 Å². The maximum absolute atomic E-state index is 11.0. The third kappa shape index (κ3) is 2.90. The number of aldehydes is 1. The number of hydrogen-bond acceptors (Lipinski definition) is 2. The van der Waals surface area contributed by atoms with Crippen LogP contribution in [0.25, 0.3) is 0 Å². The molecular weight excluding hydrogens is 212 g/mol. The lowest BCUT2D eigenvalue weighted by Crippen LogP contribution is -2.44. The van der Waals surface area contributed by atoms with Crippen molar-refractivity contribution < 1.29 is 9.53 Å². The molecule has 1 aliphatic carbocycles. The minimum Gasteiger partial charge on any atom is -0.375 e. The minimum absolute atomic E-state index is 0.0472. The Kier molecular flexibility index (Phi) is 3.63. The average molecular weight is 238 g/mol. The second kappa shape index (κ2) is 4.72. The highest BCUT2D eigenvalue weighted by atomic mass is 16.5. The van der Waals surface area contributed by atoms with E-state index < -0.39 is 0 Å². The van der Waals surface area contributed by atoms with Gasteiger partial charge in [-0.3, -0.25) is 0 Å². The van der Waals surface area contributed by atoms with Crippen molar-refractivity contribution in [2.45, 2.75) is 64.9 Å². The smallest absolute Gasteiger partial charge is 0.123 e. The molecule has 98 valence electrons. The van der Waals surface area contributed by atoms with E-state index in [2.05, 4.69) is 20.8 Å². The number of carbonyl (C=O) groups excluding carboxylic acids is 1. The molecule has 1 unspecified atom stereocenters. The summed E-state index contributed by atoms with van der Waals surface area (Å²) in [7, 11) is 0. The molecule has 1 spiro atoms. The number of hydrogen-bond donors (Lipinski definition) is 0.